The van der Waals surface area contributed by atoms with Crippen molar-refractivity contribution in [1.82, 2.24) is 0 Å². The molecule has 0 aliphatic heterocycles. The molecule has 116 valence electrons. The zero-order valence-corrected chi connectivity index (χ0v) is 12.0. The molecule has 2 aromatic carbocycles. The van der Waals surface area contributed by atoms with Crippen LogP contribution in [-0.4, -0.2) is 17.9 Å². The third kappa shape index (κ3) is 4.18. The van der Waals surface area contributed by atoms with Crippen LogP contribution in [0.15, 0.2) is 41.5 Å². The van der Waals surface area contributed by atoms with Crippen molar-refractivity contribution in [3.63, 3.8) is 0 Å². The molecule has 0 unspecified atom stereocenters. The summed E-state index contributed by atoms with van der Waals surface area (Å²) in [5, 5.41) is 13.7. The van der Waals surface area contributed by atoms with Crippen LogP contribution in [0.5, 0.6) is 11.5 Å². The van der Waals surface area contributed by atoms with Crippen molar-refractivity contribution in [3.8, 4) is 11.5 Å². The SMILES string of the molecule is CCCOc1ccc(C=NNc2ccc(F)cc2F)c(O)c1. The number of halogens is 2. The number of nitrogens with one attached hydrogen (secondary N) is 1. The molecule has 22 heavy (non-hydrogen) atoms. The number of phenolic OH excluding ortho intramolecular Hbond substituents is 1. The number of hydrazone groups is 1. The second-order valence-electron chi connectivity index (χ2n) is 4.56. The van der Waals surface area contributed by atoms with Crippen molar-refractivity contribution in [1.29, 1.82) is 0 Å². The molecular weight excluding hydrogens is 290 g/mol. The Labute approximate surface area is 127 Å². The van der Waals surface area contributed by atoms with E-state index < -0.39 is 11.6 Å². The van der Waals surface area contributed by atoms with Crippen molar-refractivity contribution in [2.24, 2.45) is 5.10 Å². The van der Waals surface area contributed by atoms with Crippen LogP contribution in [0.3, 0.4) is 0 Å². The van der Waals surface area contributed by atoms with Crippen LogP contribution < -0.4 is 10.2 Å². The lowest BCUT2D eigenvalue weighted by molar-refractivity contribution is 0.315. The summed E-state index contributed by atoms with van der Waals surface area (Å²) in [6.07, 6.45) is 2.21. The third-order valence-corrected chi connectivity index (χ3v) is 2.79. The Morgan fingerprint density at radius 1 is 1.23 bits per heavy atom. The standard InChI is InChI=1S/C16H16F2N2O2/c1-2-7-22-13-5-3-11(16(21)9-13)10-19-20-15-6-4-12(17)8-14(15)18/h3-6,8-10,20-21H,2,7H2,1H3. The Morgan fingerprint density at radius 3 is 2.73 bits per heavy atom. The average molecular weight is 306 g/mol. The van der Waals surface area contributed by atoms with Crippen LogP contribution in [0.2, 0.25) is 0 Å². The number of ether oxygens (including phenoxy) is 1. The number of nitrogens with zero attached hydrogens (tertiary/aromatic N) is 1. The number of phenols is 1. The van der Waals surface area contributed by atoms with E-state index in [0.717, 1.165) is 18.6 Å². The summed E-state index contributed by atoms with van der Waals surface area (Å²) in [6.45, 7) is 2.55. The van der Waals surface area contributed by atoms with E-state index in [1.54, 1.807) is 12.1 Å². The molecule has 0 aromatic heterocycles. The molecule has 0 aliphatic carbocycles. The van der Waals surface area contributed by atoms with Gasteiger partial charge in [-0.2, -0.15) is 5.10 Å². The Bertz CT molecular complexity index is 675. The lowest BCUT2D eigenvalue weighted by atomic mass is 10.2. The summed E-state index contributed by atoms with van der Waals surface area (Å²) in [5.74, 6) is -0.843. The minimum absolute atomic E-state index is 0.00117. The maximum Gasteiger partial charge on any atom is 0.151 e. The molecule has 0 fully saturated rings. The van der Waals surface area contributed by atoms with Crippen LogP contribution in [0.25, 0.3) is 0 Å². The molecule has 0 saturated heterocycles. The van der Waals surface area contributed by atoms with Gasteiger partial charge in [-0.1, -0.05) is 6.92 Å². The first-order valence-corrected chi connectivity index (χ1v) is 6.80. The van der Waals surface area contributed by atoms with Gasteiger partial charge in [-0.3, -0.25) is 5.43 Å². The van der Waals surface area contributed by atoms with Gasteiger partial charge in [0.05, 0.1) is 18.5 Å². The summed E-state index contributed by atoms with van der Waals surface area (Å²) >= 11 is 0. The summed E-state index contributed by atoms with van der Waals surface area (Å²) in [5.41, 5.74) is 2.94. The quantitative estimate of drug-likeness (QED) is 0.628. The predicted molar refractivity (Wildman–Crippen MR) is 81.5 cm³/mol. The lowest BCUT2D eigenvalue weighted by Gasteiger charge is -2.06. The Kier molecular flexibility index (Phi) is 5.30. The van der Waals surface area contributed by atoms with E-state index in [-0.39, 0.29) is 11.4 Å². The molecule has 0 saturated carbocycles. The van der Waals surface area contributed by atoms with Crippen molar-refractivity contribution in [2.45, 2.75) is 13.3 Å². The van der Waals surface area contributed by atoms with E-state index in [2.05, 4.69) is 10.5 Å². The van der Waals surface area contributed by atoms with Crippen LogP contribution in [-0.2, 0) is 0 Å². The molecule has 0 heterocycles. The normalized spacial score (nSPS) is 10.9. The first-order chi connectivity index (χ1) is 10.6. The number of aromatic hydroxyl groups is 1. The molecule has 2 aromatic rings. The largest absolute Gasteiger partial charge is 0.507 e. The van der Waals surface area contributed by atoms with Crippen molar-refractivity contribution < 1.29 is 18.6 Å². The van der Waals surface area contributed by atoms with Gasteiger partial charge >= 0.3 is 0 Å². The molecule has 2 N–H and O–H groups in total. The second kappa shape index (κ2) is 7.40. The smallest absolute Gasteiger partial charge is 0.151 e. The molecule has 2 rings (SSSR count). The van der Waals surface area contributed by atoms with Crippen LogP contribution in [0, 0.1) is 11.6 Å². The summed E-state index contributed by atoms with van der Waals surface area (Å²) in [6, 6.07) is 7.94. The van der Waals surface area contributed by atoms with Gasteiger partial charge in [0.2, 0.25) is 0 Å². The highest BCUT2D eigenvalue weighted by molar-refractivity contribution is 5.84. The van der Waals surface area contributed by atoms with Crippen molar-refractivity contribution >= 4 is 11.9 Å². The van der Waals surface area contributed by atoms with E-state index in [1.807, 2.05) is 6.92 Å². The van der Waals surface area contributed by atoms with E-state index in [4.69, 9.17) is 4.74 Å². The minimum atomic E-state index is -0.746. The molecule has 0 spiro atoms. The summed E-state index contributed by atoms with van der Waals surface area (Å²) in [7, 11) is 0. The topological polar surface area (TPSA) is 53.8 Å². The Morgan fingerprint density at radius 2 is 2.05 bits per heavy atom. The number of anilines is 1. The number of rotatable bonds is 6. The van der Waals surface area contributed by atoms with E-state index >= 15 is 0 Å². The van der Waals surface area contributed by atoms with Gasteiger partial charge in [0.1, 0.15) is 17.3 Å². The third-order valence-electron chi connectivity index (χ3n) is 2.79. The molecule has 0 aliphatic rings. The Hall–Kier alpha value is -2.63. The van der Waals surface area contributed by atoms with Crippen molar-refractivity contribution in [3.05, 3.63) is 53.6 Å². The van der Waals surface area contributed by atoms with Gasteiger partial charge in [-0.15, -0.1) is 0 Å². The number of benzene rings is 2. The van der Waals surface area contributed by atoms with Crippen molar-refractivity contribution in [2.75, 3.05) is 12.0 Å². The van der Waals surface area contributed by atoms with Crippen LogP contribution >= 0.6 is 0 Å². The monoisotopic (exact) mass is 306 g/mol. The molecule has 0 bridgehead atoms. The van der Waals surface area contributed by atoms with Gasteiger partial charge in [0.15, 0.2) is 5.82 Å². The fraction of sp³-hybridized carbons (Fsp3) is 0.188. The average Bonchev–Trinajstić information content (AvgIpc) is 2.49. The summed E-state index contributed by atoms with van der Waals surface area (Å²) in [4.78, 5) is 0. The second-order valence-corrected chi connectivity index (χ2v) is 4.56. The predicted octanol–water partition coefficient (Wildman–Crippen LogP) is 3.91. The highest BCUT2D eigenvalue weighted by Gasteiger charge is 2.03. The molecule has 0 atom stereocenters. The molecule has 0 radical (unpaired) electrons. The maximum absolute atomic E-state index is 13.4. The maximum atomic E-state index is 13.4. The van der Waals surface area contributed by atoms with Gasteiger partial charge in [0, 0.05) is 17.7 Å². The zero-order valence-electron chi connectivity index (χ0n) is 12.0. The van der Waals surface area contributed by atoms with Crippen LogP contribution in [0.1, 0.15) is 18.9 Å². The lowest BCUT2D eigenvalue weighted by Crippen LogP contribution is -1.96. The minimum Gasteiger partial charge on any atom is -0.507 e. The first-order valence-electron chi connectivity index (χ1n) is 6.80. The first kappa shape index (κ1) is 15.8. The molecular formula is C16H16F2N2O2. The fourth-order valence-corrected chi connectivity index (χ4v) is 1.69. The van der Waals surface area contributed by atoms with Gasteiger partial charge in [-0.05, 0) is 30.7 Å². The van der Waals surface area contributed by atoms with Gasteiger partial charge < -0.3 is 9.84 Å². The fourth-order valence-electron chi connectivity index (χ4n) is 1.69. The number of hydrogen-bond donors (Lipinski definition) is 2. The highest BCUT2D eigenvalue weighted by atomic mass is 19.1. The molecule has 0 amide bonds. The zero-order chi connectivity index (χ0) is 15.9. The molecule has 6 heteroatoms. The van der Waals surface area contributed by atoms with Gasteiger partial charge in [-0.25, -0.2) is 8.78 Å². The Balaban J connectivity index is 2.03. The van der Waals surface area contributed by atoms with E-state index in [1.165, 1.54) is 18.3 Å². The highest BCUT2D eigenvalue weighted by Crippen LogP contribution is 2.22. The van der Waals surface area contributed by atoms with Gasteiger partial charge in [0.25, 0.3) is 0 Å². The van der Waals surface area contributed by atoms with Crippen LogP contribution in [0.4, 0.5) is 14.5 Å². The molecule has 4 nitrogen and oxygen atoms in total. The summed E-state index contributed by atoms with van der Waals surface area (Å²) < 4.78 is 31.5. The van der Waals surface area contributed by atoms with E-state index in [9.17, 15) is 13.9 Å². The number of hydrogen-bond acceptors (Lipinski definition) is 4. The van der Waals surface area contributed by atoms with E-state index in [0.29, 0.717) is 17.9 Å².